The maximum Gasteiger partial charge on any atom is 0.230 e. The second-order valence-corrected chi connectivity index (χ2v) is 5.29. The fourth-order valence-electron chi connectivity index (χ4n) is 1.98. The van der Waals surface area contributed by atoms with E-state index in [0.717, 1.165) is 11.4 Å². The predicted molar refractivity (Wildman–Crippen MR) is 79.2 cm³/mol. The van der Waals surface area contributed by atoms with Gasteiger partial charge in [0.2, 0.25) is 5.91 Å². The summed E-state index contributed by atoms with van der Waals surface area (Å²) in [4.78, 5) is 19.4. The van der Waals surface area contributed by atoms with Crippen LogP contribution in [0.1, 0.15) is 25.2 Å². The molecule has 0 radical (unpaired) electrons. The molecule has 1 amide bonds. The number of benzene rings is 1. The molecule has 5 nitrogen and oxygen atoms in total. The number of aromatic nitrogens is 2. The van der Waals surface area contributed by atoms with Crippen molar-refractivity contribution in [2.45, 2.75) is 25.7 Å². The molecule has 106 valence electrons. The number of imidazole rings is 1. The summed E-state index contributed by atoms with van der Waals surface area (Å²) in [5.74, 6) is 0.865. The van der Waals surface area contributed by atoms with Crippen molar-refractivity contribution in [2.75, 3.05) is 12.3 Å². The number of rotatable bonds is 5. The van der Waals surface area contributed by atoms with Gasteiger partial charge in [0.1, 0.15) is 5.82 Å². The molecule has 0 unspecified atom stereocenters. The maximum atomic E-state index is 12.3. The molecular formula is C15H20N4O. The number of nitrogen functional groups attached to an aromatic ring is 1. The lowest BCUT2D eigenvalue weighted by molar-refractivity contribution is -0.125. The smallest absolute Gasteiger partial charge is 0.230 e. The summed E-state index contributed by atoms with van der Waals surface area (Å²) in [6, 6.07) is 7.41. The van der Waals surface area contributed by atoms with E-state index in [1.54, 1.807) is 12.4 Å². The summed E-state index contributed by atoms with van der Waals surface area (Å²) in [5.41, 5.74) is 6.73. The first-order valence-electron chi connectivity index (χ1n) is 6.63. The number of anilines is 1. The van der Waals surface area contributed by atoms with Crippen molar-refractivity contribution in [3.63, 3.8) is 0 Å². The number of nitrogens with one attached hydrogen (secondary N) is 2. The first kappa shape index (κ1) is 14.1. The normalized spacial score (nSPS) is 11.3. The van der Waals surface area contributed by atoms with Crippen molar-refractivity contribution in [3.8, 4) is 0 Å². The number of carbonyl (C=O) groups is 1. The lowest BCUT2D eigenvalue weighted by atomic mass is 9.83. The number of H-pyrrole nitrogens is 1. The summed E-state index contributed by atoms with van der Waals surface area (Å²) >= 11 is 0. The van der Waals surface area contributed by atoms with Crippen LogP contribution in [-0.4, -0.2) is 22.4 Å². The van der Waals surface area contributed by atoms with Crippen LogP contribution in [0.25, 0.3) is 0 Å². The minimum Gasteiger partial charge on any atom is -0.399 e. The van der Waals surface area contributed by atoms with Gasteiger partial charge in [0.15, 0.2) is 0 Å². The van der Waals surface area contributed by atoms with Crippen LogP contribution in [0.4, 0.5) is 5.69 Å². The highest BCUT2D eigenvalue weighted by molar-refractivity contribution is 5.87. The van der Waals surface area contributed by atoms with Crippen LogP contribution in [0.5, 0.6) is 0 Å². The van der Waals surface area contributed by atoms with Crippen LogP contribution in [0.2, 0.25) is 0 Å². The summed E-state index contributed by atoms with van der Waals surface area (Å²) in [6.07, 6.45) is 4.17. The van der Waals surface area contributed by atoms with E-state index in [1.807, 2.05) is 38.1 Å². The van der Waals surface area contributed by atoms with Gasteiger partial charge < -0.3 is 16.0 Å². The van der Waals surface area contributed by atoms with Gasteiger partial charge in [-0.1, -0.05) is 12.1 Å². The van der Waals surface area contributed by atoms with Crippen molar-refractivity contribution < 1.29 is 4.79 Å². The van der Waals surface area contributed by atoms with Crippen LogP contribution in [0.15, 0.2) is 36.7 Å². The summed E-state index contributed by atoms with van der Waals surface area (Å²) in [6.45, 7) is 4.37. The summed E-state index contributed by atoms with van der Waals surface area (Å²) in [7, 11) is 0. The zero-order valence-corrected chi connectivity index (χ0v) is 11.8. The van der Waals surface area contributed by atoms with Gasteiger partial charge >= 0.3 is 0 Å². The second kappa shape index (κ2) is 5.77. The van der Waals surface area contributed by atoms with Crippen LogP contribution >= 0.6 is 0 Å². The fourth-order valence-corrected chi connectivity index (χ4v) is 1.98. The number of hydrogen-bond donors (Lipinski definition) is 3. The van der Waals surface area contributed by atoms with E-state index in [4.69, 9.17) is 5.73 Å². The average molecular weight is 272 g/mol. The predicted octanol–water partition coefficient (Wildman–Crippen LogP) is 1.63. The Morgan fingerprint density at radius 1 is 1.35 bits per heavy atom. The molecule has 20 heavy (non-hydrogen) atoms. The van der Waals surface area contributed by atoms with Gasteiger partial charge in [-0.15, -0.1) is 0 Å². The minimum absolute atomic E-state index is 0.00572. The monoisotopic (exact) mass is 272 g/mol. The number of amides is 1. The molecule has 1 aromatic heterocycles. The van der Waals surface area contributed by atoms with Gasteiger partial charge in [-0.2, -0.15) is 0 Å². The zero-order chi connectivity index (χ0) is 14.6. The first-order chi connectivity index (χ1) is 9.50. The molecule has 0 saturated carbocycles. The van der Waals surface area contributed by atoms with E-state index >= 15 is 0 Å². The minimum atomic E-state index is -0.586. The van der Waals surface area contributed by atoms with E-state index in [2.05, 4.69) is 15.3 Å². The molecule has 2 rings (SSSR count). The Bertz CT molecular complexity index is 558. The number of aromatic amines is 1. The molecule has 2 aromatic rings. The quantitative estimate of drug-likeness (QED) is 0.723. The third kappa shape index (κ3) is 3.17. The van der Waals surface area contributed by atoms with Crippen molar-refractivity contribution in [3.05, 3.63) is 48.0 Å². The van der Waals surface area contributed by atoms with Crippen LogP contribution in [-0.2, 0) is 16.6 Å². The molecule has 0 saturated heterocycles. The Kier molecular flexibility index (Phi) is 4.08. The molecule has 0 aliphatic carbocycles. The highest BCUT2D eigenvalue weighted by atomic mass is 16.2. The van der Waals surface area contributed by atoms with Gasteiger partial charge in [0.05, 0.1) is 5.41 Å². The lowest BCUT2D eigenvalue weighted by Gasteiger charge is -2.24. The van der Waals surface area contributed by atoms with Crippen molar-refractivity contribution in [2.24, 2.45) is 0 Å². The third-order valence-electron chi connectivity index (χ3n) is 3.40. The van der Waals surface area contributed by atoms with Gasteiger partial charge in [0, 0.05) is 31.0 Å². The lowest BCUT2D eigenvalue weighted by Crippen LogP contribution is -2.41. The van der Waals surface area contributed by atoms with Gasteiger partial charge in [-0.25, -0.2) is 4.98 Å². The molecule has 0 bridgehead atoms. The molecule has 1 aromatic carbocycles. The van der Waals surface area contributed by atoms with Crippen molar-refractivity contribution in [1.29, 1.82) is 0 Å². The molecular weight excluding hydrogens is 252 g/mol. The molecule has 1 heterocycles. The molecule has 0 aliphatic rings. The van der Waals surface area contributed by atoms with E-state index in [-0.39, 0.29) is 5.91 Å². The van der Waals surface area contributed by atoms with E-state index < -0.39 is 5.41 Å². The highest BCUT2D eigenvalue weighted by Gasteiger charge is 2.29. The Labute approximate surface area is 118 Å². The maximum absolute atomic E-state index is 12.3. The number of carbonyl (C=O) groups excluding carboxylic acids is 1. The largest absolute Gasteiger partial charge is 0.399 e. The molecule has 4 N–H and O–H groups in total. The van der Waals surface area contributed by atoms with Gasteiger partial charge in [0.25, 0.3) is 0 Å². The Morgan fingerprint density at radius 2 is 2.05 bits per heavy atom. The molecule has 5 heteroatoms. The molecule has 0 atom stereocenters. The van der Waals surface area contributed by atoms with Crippen LogP contribution in [0.3, 0.4) is 0 Å². The second-order valence-electron chi connectivity index (χ2n) is 5.29. The van der Waals surface area contributed by atoms with E-state index in [0.29, 0.717) is 18.7 Å². The van der Waals surface area contributed by atoms with Crippen molar-refractivity contribution >= 4 is 11.6 Å². The number of nitrogens with zero attached hydrogens (tertiary/aromatic N) is 1. The standard InChI is InChI=1S/C15H20N4O/c1-15(2,11-3-5-12(16)6-4-11)14(20)19-8-7-13-17-9-10-18-13/h3-6,9-10H,7-8,16H2,1-2H3,(H,17,18)(H,19,20). The Hall–Kier alpha value is -2.30. The molecule has 0 fully saturated rings. The summed E-state index contributed by atoms with van der Waals surface area (Å²) < 4.78 is 0. The Morgan fingerprint density at radius 3 is 2.65 bits per heavy atom. The fraction of sp³-hybridized carbons (Fsp3) is 0.333. The Balaban J connectivity index is 1.94. The molecule has 0 aliphatic heterocycles. The van der Waals surface area contributed by atoms with E-state index in [9.17, 15) is 4.79 Å². The molecule has 0 spiro atoms. The summed E-state index contributed by atoms with van der Waals surface area (Å²) in [5, 5.41) is 2.94. The zero-order valence-electron chi connectivity index (χ0n) is 11.8. The topological polar surface area (TPSA) is 83.8 Å². The van der Waals surface area contributed by atoms with Gasteiger partial charge in [-0.05, 0) is 31.5 Å². The van der Waals surface area contributed by atoms with Crippen molar-refractivity contribution in [1.82, 2.24) is 15.3 Å². The third-order valence-corrected chi connectivity index (χ3v) is 3.40. The van der Waals surface area contributed by atoms with Gasteiger partial charge in [-0.3, -0.25) is 4.79 Å². The first-order valence-corrected chi connectivity index (χ1v) is 6.63. The van der Waals surface area contributed by atoms with Crippen LogP contribution < -0.4 is 11.1 Å². The number of hydrogen-bond acceptors (Lipinski definition) is 3. The highest BCUT2D eigenvalue weighted by Crippen LogP contribution is 2.24. The van der Waals surface area contributed by atoms with Crippen LogP contribution in [0, 0.1) is 0 Å². The number of nitrogens with two attached hydrogens (primary N) is 1. The average Bonchev–Trinajstić information content (AvgIpc) is 2.92. The van der Waals surface area contributed by atoms with E-state index in [1.165, 1.54) is 0 Å². The SMILES string of the molecule is CC(C)(C(=O)NCCc1ncc[nH]1)c1ccc(N)cc1.